The summed E-state index contributed by atoms with van der Waals surface area (Å²) >= 11 is 0. The van der Waals surface area contributed by atoms with E-state index in [1.807, 2.05) is 0 Å². The van der Waals surface area contributed by atoms with Crippen LogP contribution in [-0.4, -0.2) is 48.8 Å². The molecule has 3 heteroatoms. The highest BCUT2D eigenvalue weighted by Gasteiger charge is 2.39. The van der Waals surface area contributed by atoms with Crippen molar-refractivity contribution < 1.29 is 4.74 Å². The first kappa shape index (κ1) is 15.3. The molecule has 1 unspecified atom stereocenters. The van der Waals surface area contributed by atoms with E-state index >= 15 is 0 Å². The molecule has 1 spiro atoms. The number of unbranched alkanes of at least 4 members (excludes halogenated alkanes) is 1. The summed E-state index contributed by atoms with van der Waals surface area (Å²) in [6.45, 7) is 11.2. The number of rotatable bonds is 6. The van der Waals surface area contributed by atoms with Gasteiger partial charge in [0.1, 0.15) is 0 Å². The maximum Gasteiger partial charge on any atom is 0.0518 e. The topological polar surface area (TPSA) is 24.5 Å². The highest BCUT2D eigenvalue weighted by atomic mass is 16.5. The standard InChI is InChI=1S/C16H32N2O/c1-14(2)19-11-7-6-10-18-13-16(8-4-5-9-16)17-12-15(18)3/h14-15,17H,4-13H2,1-3H3. The summed E-state index contributed by atoms with van der Waals surface area (Å²) in [7, 11) is 0. The third-order valence-corrected chi connectivity index (χ3v) is 4.75. The van der Waals surface area contributed by atoms with Crippen LogP contribution in [0.1, 0.15) is 59.3 Å². The molecule has 19 heavy (non-hydrogen) atoms. The molecule has 0 aromatic carbocycles. The first-order valence-electron chi connectivity index (χ1n) is 8.22. The lowest BCUT2D eigenvalue weighted by atomic mass is 9.92. The smallest absolute Gasteiger partial charge is 0.0518 e. The van der Waals surface area contributed by atoms with Gasteiger partial charge in [-0.3, -0.25) is 4.90 Å². The Kier molecular flexibility index (Phi) is 5.67. The minimum atomic E-state index is 0.375. The fourth-order valence-corrected chi connectivity index (χ4v) is 3.52. The van der Waals surface area contributed by atoms with Crippen molar-refractivity contribution in [1.29, 1.82) is 0 Å². The van der Waals surface area contributed by atoms with E-state index in [4.69, 9.17) is 4.74 Å². The van der Waals surface area contributed by atoms with Crippen molar-refractivity contribution in [2.45, 2.75) is 77.0 Å². The zero-order valence-corrected chi connectivity index (χ0v) is 13.1. The zero-order valence-electron chi connectivity index (χ0n) is 13.1. The van der Waals surface area contributed by atoms with Gasteiger partial charge in [0.05, 0.1) is 6.10 Å². The van der Waals surface area contributed by atoms with Crippen LogP contribution in [0.2, 0.25) is 0 Å². The number of nitrogens with one attached hydrogen (secondary N) is 1. The molecule has 1 saturated carbocycles. The van der Waals surface area contributed by atoms with E-state index in [1.54, 1.807) is 0 Å². The molecule has 3 nitrogen and oxygen atoms in total. The molecular formula is C16H32N2O. The molecule has 2 fully saturated rings. The average Bonchev–Trinajstić information content (AvgIpc) is 2.81. The number of ether oxygens (including phenoxy) is 1. The number of hydrogen-bond acceptors (Lipinski definition) is 3. The van der Waals surface area contributed by atoms with Gasteiger partial charge in [-0.05, 0) is 53.0 Å². The summed E-state index contributed by atoms with van der Waals surface area (Å²) in [4.78, 5) is 2.71. The van der Waals surface area contributed by atoms with E-state index in [0.29, 0.717) is 17.7 Å². The van der Waals surface area contributed by atoms with Crippen molar-refractivity contribution in [3.05, 3.63) is 0 Å². The predicted octanol–water partition coefficient (Wildman–Crippen LogP) is 2.80. The van der Waals surface area contributed by atoms with Crippen LogP contribution in [0.25, 0.3) is 0 Å². The molecule has 112 valence electrons. The lowest BCUT2D eigenvalue weighted by molar-refractivity contribution is 0.0638. The Hall–Kier alpha value is -0.120. The van der Waals surface area contributed by atoms with Gasteiger partial charge in [-0.25, -0.2) is 0 Å². The molecule has 2 aliphatic rings. The molecule has 1 heterocycles. The second-order valence-electron chi connectivity index (χ2n) is 6.81. The molecular weight excluding hydrogens is 236 g/mol. The fourth-order valence-electron chi connectivity index (χ4n) is 3.52. The number of hydrogen-bond donors (Lipinski definition) is 1. The van der Waals surface area contributed by atoms with E-state index in [-0.39, 0.29) is 0 Å². The monoisotopic (exact) mass is 268 g/mol. The molecule has 0 radical (unpaired) electrons. The predicted molar refractivity (Wildman–Crippen MR) is 80.6 cm³/mol. The normalized spacial score (nSPS) is 27.5. The highest BCUT2D eigenvalue weighted by Crippen LogP contribution is 2.33. The van der Waals surface area contributed by atoms with Crippen LogP contribution in [0.3, 0.4) is 0 Å². The van der Waals surface area contributed by atoms with Crippen molar-refractivity contribution in [2.24, 2.45) is 0 Å². The van der Waals surface area contributed by atoms with Gasteiger partial charge in [-0.1, -0.05) is 12.8 Å². The minimum Gasteiger partial charge on any atom is -0.379 e. The summed E-state index contributed by atoms with van der Waals surface area (Å²) in [5.41, 5.74) is 0.459. The molecule has 1 N–H and O–H groups in total. The minimum absolute atomic E-state index is 0.375. The van der Waals surface area contributed by atoms with Crippen molar-refractivity contribution in [3.63, 3.8) is 0 Å². The van der Waals surface area contributed by atoms with Gasteiger partial charge in [0.15, 0.2) is 0 Å². The van der Waals surface area contributed by atoms with Gasteiger partial charge in [0, 0.05) is 31.3 Å². The van der Waals surface area contributed by atoms with Crippen LogP contribution in [0.15, 0.2) is 0 Å². The number of nitrogens with zero attached hydrogens (tertiary/aromatic N) is 1. The maximum absolute atomic E-state index is 5.62. The second kappa shape index (κ2) is 7.05. The van der Waals surface area contributed by atoms with E-state index in [2.05, 4.69) is 31.0 Å². The van der Waals surface area contributed by atoms with Crippen LogP contribution in [0, 0.1) is 0 Å². The first-order valence-corrected chi connectivity index (χ1v) is 8.22. The van der Waals surface area contributed by atoms with E-state index in [9.17, 15) is 0 Å². The molecule has 0 aromatic heterocycles. The molecule has 1 saturated heterocycles. The van der Waals surface area contributed by atoms with Crippen molar-refractivity contribution in [1.82, 2.24) is 10.2 Å². The Bertz CT molecular complexity index is 261. The maximum atomic E-state index is 5.62. The van der Waals surface area contributed by atoms with Crippen LogP contribution >= 0.6 is 0 Å². The molecule has 1 atom stereocenters. The van der Waals surface area contributed by atoms with Crippen molar-refractivity contribution in [2.75, 3.05) is 26.2 Å². The fraction of sp³-hybridized carbons (Fsp3) is 1.00. The average molecular weight is 268 g/mol. The third kappa shape index (κ3) is 4.44. The second-order valence-corrected chi connectivity index (χ2v) is 6.81. The summed E-state index contributed by atoms with van der Waals surface area (Å²) in [5.74, 6) is 0. The van der Waals surface area contributed by atoms with E-state index in [1.165, 1.54) is 58.2 Å². The Morgan fingerprint density at radius 3 is 2.68 bits per heavy atom. The molecule has 0 aromatic rings. The Labute approximate surface area is 119 Å². The summed E-state index contributed by atoms with van der Waals surface area (Å²) < 4.78 is 5.62. The van der Waals surface area contributed by atoms with Crippen LogP contribution in [0.5, 0.6) is 0 Å². The quantitative estimate of drug-likeness (QED) is 0.750. The molecule has 0 amide bonds. The van der Waals surface area contributed by atoms with Crippen LogP contribution in [0.4, 0.5) is 0 Å². The summed E-state index contributed by atoms with van der Waals surface area (Å²) in [6.07, 6.45) is 8.43. The van der Waals surface area contributed by atoms with Crippen LogP contribution in [-0.2, 0) is 4.74 Å². The molecule has 1 aliphatic heterocycles. The van der Waals surface area contributed by atoms with Gasteiger partial charge < -0.3 is 10.1 Å². The van der Waals surface area contributed by atoms with Gasteiger partial charge in [-0.2, -0.15) is 0 Å². The SMILES string of the molecule is CC(C)OCCCCN1CC2(CCCC2)NCC1C. The largest absolute Gasteiger partial charge is 0.379 e. The lowest BCUT2D eigenvalue weighted by Crippen LogP contribution is -2.62. The van der Waals surface area contributed by atoms with Gasteiger partial charge in [-0.15, -0.1) is 0 Å². The molecule has 2 rings (SSSR count). The number of piperazine rings is 1. The van der Waals surface area contributed by atoms with Gasteiger partial charge in [0.25, 0.3) is 0 Å². The summed E-state index contributed by atoms with van der Waals surface area (Å²) in [6, 6.07) is 0.692. The van der Waals surface area contributed by atoms with E-state index < -0.39 is 0 Å². The van der Waals surface area contributed by atoms with Gasteiger partial charge in [0.2, 0.25) is 0 Å². The third-order valence-electron chi connectivity index (χ3n) is 4.75. The Morgan fingerprint density at radius 1 is 1.26 bits per heavy atom. The van der Waals surface area contributed by atoms with Crippen molar-refractivity contribution >= 4 is 0 Å². The zero-order chi connectivity index (χ0) is 13.7. The highest BCUT2D eigenvalue weighted by molar-refractivity contribution is 5.00. The van der Waals surface area contributed by atoms with Crippen LogP contribution < -0.4 is 5.32 Å². The van der Waals surface area contributed by atoms with Gasteiger partial charge >= 0.3 is 0 Å². The Balaban J connectivity index is 1.69. The van der Waals surface area contributed by atoms with E-state index in [0.717, 1.165) is 6.61 Å². The molecule has 0 bridgehead atoms. The summed E-state index contributed by atoms with van der Waals surface area (Å²) in [5, 5.41) is 3.82. The molecule has 1 aliphatic carbocycles. The van der Waals surface area contributed by atoms with Crippen molar-refractivity contribution in [3.8, 4) is 0 Å². The lowest BCUT2D eigenvalue weighted by Gasteiger charge is -2.45. The first-order chi connectivity index (χ1) is 9.11. The Morgan fingerprint density at radius 2 is 2.00 bits per heavy atom.